The minimum absolute atomic E-state index is 0.0590. The summed E-state index contributed by atoms with van der Waals surface area (Å²) in [5, 5.41) is 10.0. The van der Waals surface area contributed by atoms with E-state index >= 15 is 0 Å². The molecule has 0 bridgehead atoms. The first kappa shape index (κ1) is 13.8. The Hall–Kier alpha value is -0.650. The van der Waals surface area contributed by atoms with Gasteiger partial charge in [-0.1, -0.05) is 6.42 Å². The lowest BCUT2D eigenvalue weighted by atomic mass is 9.94. The van der Waals surface area contributed by atoms with E-state index in [2.05, 4.69) is 0 Å². The molecule has 104 valence electrons. The SMILES string of the molecule is CN(C)CC(=O)N1CCOC[C@@H]1[C@H]1CCC[C@@H]1O. The molecule has 0 radical (unpaired) electrons. The largest absolute Gasteiger partial charge is 0.393 e. The van der Waals surface area contributed by atoms with Crippen molar-refractivity contribution in [2.75, 3.05) is 40.4 Å². The van der Waals surface area contributed by atoms with Crippen molar-refractivity contribution in [3.8, 4) is 0 Å². The molecule has 1 heterocycles. The number of aliphatic hydroxyl groups excluding tert-OH is 1. The van der Waals surface area contributed by atoms with Crippen molar-refractivity contribution in [1.82, 2.24) is 9.80 Å². The molecule has 2 aliphatic rings. The van der Waals surface area contributed by atoms with Gasteiger partial charge in [-0.05, 0) is 26.9 Å². The minimum atomic E-state index is -0.272. The van der Waals surface area contributed by atoms with Crippen LogP contribution in [0.4, 0.5) is 0 Å². The summed E-state index contributed by atoms with van der Waals surface area (Å²) in [4.78, 5) is 16.0. The summed E-state index contributed by atoms with van der Waals surface area (Å²) in [5.74, 6) is 0.337. The summed E-state index contributed by atoms with van der Waals surface area (Å²) < 4.78 is 5.51. The van der Waals surface area contributed by atoms with E-state index in [1.165, 1.54) is 0 Å². The highest BCUT2D eigenvalue weighted by Crippen LogP contribution is 2.32. The maximum absolute atomic E-state index is 12.2. The zero-order valence-corrected chi connectivity index (χ0v) is 11.3. The second-order valence-corrected chi connectivity index (χ2v) is 5.63. The smallest absolute Gasteiger partial charge is 0.237 e. The molecule has 2 rings (SSSR count). The third-order valence-corrected chi connectivity index (χ3v) is 3.96. The maximum Gasteiger partial charge on any atom is 0.237 e. The molecule has 0 unspecified atom stereocenters. The van der Waals surface area contributed by atoms with Crippen molar-refractivity contribution in [2.24, 2.45) is 5.92 Å². The molecule has 0 aromatic carbocycles. The van der Waals surface area contributed by atoms with E-state index in [0.29, 0.717) is 26.3 Å². The summed E-state index contributed by atoms with van der Waals surface area (Å²) in [6, 6.07) is 0.0590. The molecule has 1 N–H and O–H groups in total. The number of carbonyl (C=O) groups excluding carboxylic acids is 1. The highest BCUT2D eigenvalue weighted by molar-refractivity contribution is 5.78. The molecule has 18 heavy (non-hydrogen) atoms. The molecular weight excluding hydrogens is 232 g/mol. The second-order valence-electron chi connectivity index (χ2n) is 5.63. The zero-order valence-electron chi connectivity index (χ0n) is 11.3. The van der Waals surface area contributed by atoms with Gasteiger partial charge in [-0.2, -0.15) is 0 Å². The zero-order chi connectivity index (χ0) is 13.1. The fourth-order valence-electron chi connectivity index (χ4n) is 3.07. The molecule has 1 aliphatic heterocycles. The Morgan fingerprint density at radius 1 is 1.44 bits per heavy atom. The molecule has 3 atom stereocenters. The lowest BCUT2D eigenvalue weighted by Crippen LogP contribution is -2.55. The van der Waals surface area contributed by atoms with Crippen LogP contribution in [0.25, 0.3) is 0 Å². The van der Waals surface area contributed by atoms with Gasteiger partial charge in [0.05, 0.1) is 31.9 Å². The molecule has 0 aromatic rings. The Morgan fingerprint density at radius 2 is 2.22 bits per heavy atom. The quantitative estimate of drug-likeness (QED) is 0.768. The standard InChI is InChI=1S/C13H24N2O3/c1-14(2)8-13(17)15-6-7-18-9-11(15)10-4-3-5-12(10)16/h10-12,16H,3-9H2,1-2H3/t10-,11-,12+/m1/s1. The van der Waals surface area contributed by atoms with E-state index in [1.807, 2.05) is 23.9 Å². The molecule has 1 saturated carbocycles. The van der Waals surface area contributed by atoms with Gasteiger partial charge in [0, 0.05) is 12.5 Å². The van der Waals surface area contributed by atoms with E-state index in [4.69, 9.17) is 4.74 Å². The van der Waals surface area contributed by atoms with Crippen LogP contribution in [0.15, 0.2) is 0 Å². The number of rotatable bonds is 3. The second kappa shape index (κ2) is 5.99. The number of ether oxygens (including phenoxy) is 1. The third-order valence-electron chi connectivity index (χ3n) is 3.96. The van der Waals surface area contributed by atoms with E-state index in [9.17, 15) is 9.90 Å². The number of hydrogen-bond donors (Lipinski definition) is 1. The predicted octanol–water partition coefficient (Wildman–Crippen LogP) is -0.0636. The Bertz CT molecular complexity index is 296. The van der Waals surface area contributed by atoms with Crippen LogP contribution in [-0.2, 0) is 9.53 Å². The van der Waals surface area contributed by atoms with E-state index < -0.39 is 0 Å². The Labute approximate surface area is 109 Å². The van der Waals surface area contributed by atoms with Crippen molar-refractivity contribution in [3.63, 3.8) is 0 Å². The van der Waals surface area contributed by atoms with Gasteiger partial charge < -0.3 is 19.6 Å². The molecule has 5 heteroatoms. The van der Waals surface area contributed by atoms with Crippen LogP contribution in [0.2, 0.25) is 0 Å². The number of carbonyl (C=O) groups is 1. The lowest BCUT2D eigenvalue weighted by Gasteiger charge is -2.40. The topological polar surface area (TPSA) is 53.0 Å². The first-order valence-corrected chi connectivity index (χ1v) is 6.79. The molecule has 0 spiro atoms. The van der Waals surface area contributed by atoms with Crippen LogP contribution >= 0.6 is 0 Å². The lowest BCUT2D eigenvalue weighted by molar-refractivity contribution is -0.144. The number of nitrogens with zero attached hydrogens (tertiary/aromatic N) is 2. The Kier molecular flexibility index (Phi) is 4.59. The van der Waals surface area contributed by atoms with Crippen molar-refractivity contribution in [2.45, 2.75) is 31.4 Å². The molecule has 5 nitrogen and oxygen atoms in total. The van der Waals surface area contributed by atoms with E-state index in [-0.39, 0.29) is 24.0 Å². The third kappa shape index (κ3) is 3.02. The van der Waals surface area contributed by atoms with Crippen LogP contribution in [-0.4, -0.2) is 73.4 Å². The first-order valence-electron chi connectivity index (χ1n) is 6.79. The summed E-state index contributed by atoms with van der Waals surface area (Å²) in [6.45, 7) is 2.26. The van der Waals surface area contributed by atoms with E-state index in [0.717, 1.165) is 19.3 Å². The molecule has 1 aliphatic carbocycles. The molecule has 2 fully saturated rings. The van der Waals surface area contributed by atoms with Gasteiger partial charge in [0.25, 0.3) is 0 Å². The Morgan fingerprint density at radius 3 is 2.83 bits per heavy atom. The number of likely N-dealkylation sites (N-methyl/N-ethyl adjacent to an activating group) is 1. The predicted molar refractivity (Wildman–Crippen MR) is 68.2 cm³/mol. The number of amides is 1. The van der Waals surface area contributed by atoms with Gasteiger partial charge in [0.1, 0.15) is 0 Å². The minimum Gasteiger partial charge on any atom is -0.393 e. The van der Waals surface area contributed by atoms with Gasteiger partial charge in [-0.15, -0.1) is 0 Å². The monoisotopic (exact) mass is 256 g/mol. The van der Waals surface area contributed by atoms with Crippen molar-refractivity contribution >= 4 is 5.91 Å². The van der Waals surface area contributed by atoms with Gasteiger partial charge in [-0.25, -0.2) is 0 Å². The van der Waals surface area contributed by atoms with Gasteiger partial charge in [-0.3, -0.25) is 4.79 Å². The number of hydrogen-bond acceptors (Lipinski definition) is 4. The van der Waals surface area contributed by atoms with Gasteiger partial charge in [0.2, 0.25) is 5.91 Å². The van der Waals surface area contributed by atoms with Crippen LogP contribution in [0.3, 0.4) is 0 Å². The average molecular weight is 256 g/mol. The highest BCUT2D eigenvalue weighted by Gasteiger charge is 2.39. The first-order chi connectivity index (χ1) is 8.59. The summed E-state index contributed by atoms with van der Waals surface area (Å²) >= 11 is 0. The maximum atomic E-state index is 12.2. The van der Waals surface area contributed by atoms with Crippen LogP contribution < -0.4 is 0 Å². The number of morpholine rings is 1. The van der Waals surface area contributed by atoms with Crippen molar-refractivity contribution < 1.29 is 14.6 Å². The fraction of sp³-hybridized carbons (Fsp3) is 0.923. The molecule has 0 aromatic heterocycles. The summed E-state index contributed by atoms with van der Waals surface area (Å²) in [6.07, 6.45) is 2.64. The molecule has 1 amide bonds. The van der Waals surface area contributed by atoms with E-state index in [1.54, 1.807) is 0 Å². The van der Waals surface area contributed by atoms with Crippen LogP contribution in [0, 0.1) is 5.92 Å². The van der Waals surface area contributed by atoms with Gasteiger partial charge >= 0.3 is 0 Å². The van der Waals surface area contributed by atoms with Crippen molar-refractivity contribution in [1.29, 1.82) is 0 Å². The normalized spacial score (nSPS) is 33.1. The van der Waals surface area contributed by atoms with Crippen LogP contribution in [0.5, 0.6) is 0 Å². The average Bonchev–Trinajstić information content (AvgIpc) is 2.74. The number of aliphatic hydroxyl groups is 1. The highest BCUT2D eigenvalue weighted by atomic mass is 16.5. The fourth-order valence-corrected chi connectivity index (χ4v) is 3.07. The Balaban J connectivity index is 2.03. The molecule has 1 saturated heterocycles. The summed E-state index contributed by atoms with van der Waals surface area (Å²) in [5.41, 5.74) is 0. The summed E-state index contributed by atoms with van der Waals surface area (Å²) in [7, 11) is 3.80. The van der Waals surface area contributed by atoms with Crippen molar-refractivity contribution in [3.05, 3.63) is 0 Å². The van der Waals surface area contributed by atoms with Gasteiger partial charge in [0.15, 0.2) is 0 Å². The van der Waals surface area contributed by atoms with Crippen LogP contribution in [0.1, 0.15) is 19.3 Å². The molecular formula is C13H24N2O3.